The van der Waals surface area contributed by atoms with E-state index in [1.54, 1.807) is 13.2 Å². The lowest BCUT2D eigenvalue weighted by Gasteiger charge is -2.33. The van der Waals surface area contributed by atoms with Crippen molar-refractivity contribution in [1.82, 2.24) is 15.3 Å². The number of carbonyl (C=O) groups excluding carboxylic acids is 2. The fourth-order valence-electron chi connectivity index (χ4n) is 3.61. The van der Waals surface area contributed by atoms with Gasteiger partial charge in [-0.15, -0.1) is 11.8 Å². The number of rotatable bonds is 8. The minimum absolute atomic E-state index is 0.111. The number of nitrogens with one attached hydrogen (secondary N) is 1. The van der Waals surface area contributed by atoms with Crippen LogP contribution in [0, 0.1) is 5.92 Å². The van der Waals surface area contributed by atoms with Crippen LogP contribution in [0.15, 0.2) is 35.4 Å². The molecule has 1 fully saturated rings. The molecule has 2 N–H and O–H groups in total. The van der Waals surface area contributed by atoms with E-state index in [0.717, 1.165) is 25.9 Å². The molecule has 0 bridgehead atoms. The van der Waals surface area contributed by atoms with Crippen LogP contribution in [0.3, 0.4) is 0 Å². The minimum atomic E-state index is -0.622. The highest BCUT2D eigenvalue weighted by Gasteiger charge is 2.24. The van der Waals surface area contributed by atoms with Crippen LogP contribution in [0.25, 0.3) is 0 Å². The third kappa shape index (κ3) is 6.10. The molecule has 31 heavy (non-hydrogen) atoms. The lowest BCUT2D eigenvalue weighted by molar-refractivity contribution is -0.141. The molecule has 166 valence electrons. The van der Waals surface area contributed by atoms with Crippen LogP contribution >= 0.6 is 11.8 Å². The fourth-order valence-corrected chi connectivity index (χ4v) is 4.10. The number of anilines is 1. The summed E-state index contributed by atoms with van der Waals surface area (Å²) in [5, 5.41) is 13.2. The molecule has 1 aliphatic heterocycles. The third-order valence-corrected chi connectivity index (χ3v) is 5.88. The van der Waals surface area contributed by atoms with Gasteiger partial charge in [0.2, 0.25) is 0 Å². The number of esters is 1. The van der Waals surface area contributed by atoms with Crippen LogP contribution in [-0.2, 0) is 16.0 Å². The van der Waals surface area contributed by atoms with Crippen molar-refractivity contribution >= 4 is 29.3 Å². The molecule has 0 radical (unpaired) electrons. The summed E-state index contributed by atoms with van der Waals surface area (Å²) in [5.41, 5.74) is 1.12. The van der Waals surface area contributed by atoms with Crippen molar-refractivity contribution in [2.45, 2.75) is 31.2 Å². The summed E-state index contributed by atoms with van der Waals surface area (Å²) in [6, 6.07) is 10.3. The smallest absolute Gasteiger partial charge is 0.325 e. The molecule has 2 aromatic rings. The average Bonchev–Trinajstić information content (AvgIpc) is 2.79. The van der Waals surface area contributed by atoms with E-state index in [9.17, 15) is 14.7 Å². The number of aromatic nitrogens is 2. The summed E-state index contributed by atoms with van der Waals surface area (Å²) in [6.07, 6.45) is 4.41. The Morgan fingerprint density at radius 3 is 2.58 bits per heavy atom. The zero-order valence-electron chi connectivity index (χ0n) is 17.8. The Bertz CT molecular complexity index is 902. The number of thioether (sulfide) groups is 1. The Balaban J connectivity index is 1.65. The van der Waals surface area contributed by atoms with Crippen molar-refractivity contribution in [3.63, 3.8) is 0 Å². The van der Waals surface area contributed by atoms with Gasteiger partial charge in [-0.05, 0) is 44.1 Å². The number of nitrogens with zero attached hydrogens (tertiary/aromatic N) is 3. The molecule has 0 spiro atoms. The van der Waals surface area contributed by atoms with Crippen molar-refractivity contribution in [1.29, 1.82) is 0 Å². The SMILES string of the molecule is CCOC(=O)CNC(=O)c1nc(CC2CCN(c3ccccc3)CC2)nc(SC)c1O. The maximum atomic E-state index is 12.5. The number of benzene rings is 1. The van der Waals surface area contributed by atoms with Crippen LogP contribution in [-0.4, -0.2) is 59.4 Å². The highest BCUT2D eigenvalue weighted by Crippen LogP contribution is 2.29. The number of ether oxygens (including phenoxy) is 1. The summed E-state index contributed by atoms with van der Waals surface area (Å²) >= 11 is 1.25. The van der Waals surface area contributed by atoms with Gasteiger partial charge >= 0.3 is 5.97 Å². The molecule has 1 aromatic carbocycles. The van der Waals surface area contributed by atoms with E-state index in [0.29, 0.717) is 23.2 Å². The predicted octanol–water partition coefficient (Wildman–Crippen LogP) is 2.66. The molecule has 0 unspecified atom stereocenters. The van der Waals surface area contributed by atoms with Gasteiger partial charge < -0.3 is 20.1 Å². The maximum Gasteiger partial charge on any atom is 0.325 e. The van der Waals surface area contributed by atoms with Gasteiger partial charge in [-0.25, -0.2) is 9.97 Å². The van der Waals surface area contributed by atoms with Crippen LogP contribution in [0.5, 0.6) is 5.75 Å². The first-order chi connectivity index (χ1) is 15.0. The number of piperidine rings is 1. The first-order valence-corrected chi connectivity index (χ1v) is 11.6. The van der Waals surface area contributed by atoms with Crippen LogP contribution < -0.4 is 10.2 Å². The Labute approximate surface area is 186 Å². The summed E-state index contributed by atoms with van der Waals surface area (Å²) < 4.78 is 4.81. The molecule has 8 nitrogen and oxygen atoms in total. The Morgan fingerprint density at radius 1 is 1.23 bits per heavy atom. The molecule has 1 aliphatic rings. The van der Waals surface area contributed by atoms with Gasteiger partial charge in [-0.2, -0.15) is 0 Å². The lowest BCUT2D eigenvalue weighted by Crippen LogP contribution is -2.34. The molecule has 0 aliphatic carbocycles. The number of carbonyl (C=O) groups is 2. The number of amides is 1. The third-order valence-electron chi connectivity index (χ3n) is 5.21. The highest BCUT2D eigenvalue weighted by molar-refractivity contribution is 7.98. The number of hydrogen-bond donors (Lipinski definition) is 2. The average molecular weight is 445 g/mol. The van der Waals surface area contributed by atoms with Gasteiger partial charge in [0.05, 0.1) is 6.61 Å². The summed E-state index contributed by atoms with van der Waals surface area (Å²) in [6.45, 7) is 3.55. The van der Waals surface area contributed by atoms with E-state index in [1.165, 1.54) is 17.4 Å². The van der Waals surface area contributed by atoms with Gasteiger partial charge in [0.1, 0.15) is 17.4 Å². The van der Waals surface area contributed by atoms with E-state index in [2.05, 4.69) is 32.3 Å². The quantitative estimate of drug-likeness (QED) is 0.364. The molecule has 1 amide bonds. The Kier molecular flexibility index (Phi) is 8.11. The number of aromatic hydroxyl groups is 1. The predicted molar refractivity (Wildman–Crippen MR) is 120 cm³/mol. The molecule has 1 saturated heterocycles. The van der Waals surface area contributed by atoms with Gasteiger partial charge in [0, 0.05) is 25.2 Å². The topological polar surface area (TPSA) is 105 Å². The first kappa shape index (κ1) is 22.9. The van der Waals surface area contributed by atoms with Crippen molar-refractivity contribution in [2.24, 2.45) is 5.92 Å². The van der Waals surface area contributed by atoms with Gasteiger partial charge in [-0.3, -0.25) is 9.59 Å². The zero-order valence-corrected chi connectivity index (χ0v) is 18.7. The van der Waals surface area contributed by atoms with E-state index in [4.69, 9.17) is 4.74 Å². The summed E-state index contributed by atoms with van der Waals surface area (Å²) in [5.74, 6) is -0.504. The van der Waals surface area contributed by atoms with Crippen LogP contribution in [0.1, 0.15) is 36.1 Å². The van der Waals surface area contributed by atoms with Gasteiger partial charge in [0.25, 0.3) is 5.91 Å². The monoisotopic (exact) mass is 444 g/mol. The molecule has 1 aromatic heterocycles. The van der Waals surface area contributed by atoms with Crippen molar-refractivity contribution in [3.8, 4) is 5.75 Å². The second-order valence-corrected chi connectivity index (χ2v) is 8.10. The van der Waals surface area contributed by atoms with E-state index in [-0.39, 0.29) is 24.6 Å². The zero-order chi connectivity index (χ0) is 22.2. The largest absolute Gasteiger partial charge is 0.503 e. The Hall–Kier alpha value is -2.81. The number of hydrogen-bond acceptors (Lipinski definition) is 8. The normalized spacial score (nSPS) is 14.3. The highest BCUT2D eigenvalue weighted by atomic mass is 32.2. The van der Waals surface area contributed by atoms with Crippen LogP contribution in [0.4, 0.5) is 5.69 Å². The molecular formula is C22H28N4O4S. The molecule has 3 rings (SSSR count). The van der Waals surface area contributed by atoms with Crippen molar-refractivity contribution < 1.29 is 19.4 Å². The van der Waals surface area contributed by atoms with Crippen molar-refractivity contribution in [3.05, 3.63) is 41.9 Å². The van der Waals surface area contributed by atoms with Gasteiger partial charge in [-0.1, -0.05) is 18.2 Å². The number of para-hydroxylation sites is 1. The van der Waals surface area contributed by atoms with E-state index < -0.39 is 11.9 Å². The molecule has 9 heteroatoms. The fraction of sp³-hybridized carbons (Fsp3) is 0.455. The second kappa shape index (κ2) is 11.0. The molecule has 0 atom stereocenters. The van der Waals surface area contributed by atoms with E-state index >= 15 is 0 Å². The maximum absolute atomic E-state index is 12.5. The van der Waals surface area contributed by atoms with E-state index in [1.807, 2.05) is 18.2 Å². The molecular weight excluding hydrogens is 416 g/mol. The molecule has 2 heterocycles. The first-order valence-electron chi connectivity index (χ1n) is 10.4. The van der Waals surface area contributed by atoms with Crippen LogP contribution in [0.2, 0.25) is 0 Å². The summed E-state index contributed by atoms with van der Waals surface area (Å²) in [7, 11) is 0. The second-order valence-electron chi connectivity index (χ2n) is 7.30. The van der Waals surface area contributed by atoms with Gasteiger partial charge in [0.15, 0.2) is 11.4 Å². The standard InChI is InChI=1S/C22H28N4O4S/c1-3-30-18(27)14-23-21(29)19-20(28)22(31-2)25-17(24-19)13-15-9-11-26(12-10-15)16-7-5-4-6-8-16/h4-8,15,28H,3,9-14H2,1-2H3,(H,23,29). The summed E-state index contributed by atoms with van der Waals surface area (Å²) in [4.78, 5) is 35.1. The molecule has 0 saturated carbocycles. The lowest BCUT2D eigenvalue weighted by atomic mass is 9.93. The van der Waals surface area contributed by atoms with Crippen molar-refractivity contribution in [2.75, 3.05) is 37.4 Å². The Morgan fingerprint density at radius 2 is 1.94 bits per heavy atom. The minimum Gasteiger partial charge on any atom is -0.503 e.